The number of fused-ring (bicyclic) bond motifs is 5. The van der Waals surface area contributed by atoms with Gasteiger partial charge in [-0.3, -0.25) is 4.79 Å². The average molecular weight is 473 g/mol. The highest BCUT2D eigenvalue weighted by molar-refractivity contribution is 5.88. The van der Waals surface area contributed by atoms with E-state index in [9.17, 15) is 4.79 Å². The van der Waals surface area contributed by atoms with Crippen molar-refractivity contribution in [3.63, 3.8) is 0 Å². The Kier molecular flexibility index (Phi) is 4.84. The van der Waals surface area contributed by atoms with Crippen LogP contribution in [0.1, 0.15) is 25.7 Å². The molecule has 35 heavy (non-hydrogen) atoms. The molecule has 2 aromatic carbocycles. The highest BCUT2D eigenvalue weighted by atomic mass is 19.1. The van der Waals surface area contributed by atoms with E-state index in [1.807, 2.05) is 30.3 Å². The van der Waals surface area contributed by atoms with Crippen LogP contribution in [-0.2, 0) is 0 Å². The second-order valence-electron chi connectivity index (χ2n) is 10.2. The Balaban J connectivity index is 1.41. The number of nitrogens with one attached hydrogen (secondary N) is 2. The minimum atomic E-state index is -0.247. The molecule has 0 spiro atoms. The summed E-state index contributed by atoms with van der Waals surface area (Å²) < 4.78 is 17.0. The molecule has 4 aromatic rings. The maximum atomic E-state index is 15.3. The smallest absolute Gasteiger partial charge is 0.280 e. The van der Waals surface area contributed by atoms with Crippen molar-refractivity contribution in [1.29, 1.82) is 0 Å². The highest BCUT2D eigenvalue weighted by Gasteiger charge is 2.35. The molecule has 180 valence electrons. The van der Waals surface area contributed by atoms with Gasteiger partial charge in [-0.25, -0.2) is 14.1 Å². The summed E-state index contributed by atoms with van der Waals surface area (Å²) in [6.45, 7) is 4.87. The van der Waals surface area contributed by atoms with Crippen LogP contribution in [-0.4, -0.2) is 58.3 Å². The number of nitrogens with zero attached hydrogens (tertiary/aromatic N) is 4. The summed E-state index contributed by atoms with van der Waals surface area (Å²) in [5, 5.41) is 0.689. The standard InChI is InChI=1S/C27H29FN6O/c28-20-14-18-13-19(26-29-21-5-1-2-6-22(21)30-26)27(35)34(24(18)15-25(20)33-9-3-4-10-33)31-23-16-32-11-7-17(23)8-12-32/h1-2,5-6,13-15,17,23,31H,3-4,7-12,16H2,(H,29,30)/t23-/m1/s1. The lowest BCUT2D eigenvalue weighted by molar-refractivity contribution is 0.0926. The van der Waals surface area contributed by atoms with Gasteiger partial charge in [0.1, 0.15) is 11.6 Å². The van der Waals surface area contributed by atoms with Crippen LogP contribution in [0.15, 0.2) is 47.3 Å². The molecule has 4 aliphatic heterocycles. The van der Waals surface area contributed by atoms with Crippen LogP contribution in [0.25, 0.3) is 33.3 Å². The van der Waals surface area contributed by atoms with E-state index < -0.39 is 0 Å². The van der Waals surface area contributed by atoms with Crippen LogP contribution in [0, 0.1) is 11.7 Å². The van der Waals surface area contributed by atoms with E-state index >= 15 is 4.39 Å². The predicted molar refractivity (Wildman–Crippen MR) is 137 cm³/mol. The van der Waals surface area contributed by atoms with Crippen molar-refractivity contribution in [3.8, 4) is 11.4 Å². The number of pyridine rings is 1. The zero-order valence-corrected chi connectivity index (χ0v) is 19.6. The third kappa shape index (κ3) is 3.50. The third-order valence-corrected chi connectivity index (χ3v) is 8.11. The molecule has 4 fully saturated rings. The number of piperidine rings is 3. The summed E-state index contributed by atoms with van der Waals surface area (Å²) in [5.74, 6) is 0.796. The van der Waals surface area contributed by atoms with E-state index in [1.165, 1.54) is 0 Å². The van der Waals surface area contributed by atoms with Gasteiger partial charge >= 0.3 is 0 Å². The van der Waals surface area contributed by atoms with E-state index in [0.29, 0.717) is 28.4 Å². The van der Waals surface area contributed by atoms with Crippen molar-refractivity contribution in [2.24, 2.45) is 5.92 Å². The normalized spacial score (nSPS) is 24.0. The van der Waals surface area contributed by atoms with Gasteiger partial charge in [0.15, 0.2) is 0 Å². The first kappa shape index (κ1) is 20.9. The van der Waals surface area contributed by atoms with Crippen molar-refractivity contribution in [1.82, 2.24) is 19.5 Å². The van der Waals surface area contributed by atoms with Crippen molar-refractivity contribution in [2.45, 2.75) is 31.7 Å². The minimum absolute atomic E-state index is 0.160. The second-order valence-corrected chi connectivity index (χ2v) is 10.2. The molecule has 0 amide bonds. The molecule has 0 radical (unpaired) electrons. The number of benzene rings is 2. The van der Waals surface area contributed by atoms with Gasteiger partial charge in [0.2, 0.25) is 0 Å². The molecule has 2 bridgehead atoms. The molecule has 4 saturated heterocycles. The Morgan fingerprint density at radius 1 is 1.03 bits per heavy atom. The SMILES string of the molecule is O=c1c(-c2nc3ccccc3[nH]2)cc2cc(F)c(N3CCCC3)cc2n1N[C@@H]1CN2CCC1CC2. The number of aromatic nitrogens is 3. The zero-order chi connectivity index (χ0) is 23.5. The Labute approximate surface area is 202 Å². The zero-order valence-electron chi connectivity index (χ0n) is 19.6. The van der Waals surface area contributed by atoms with Gasteiger partial charge in [0, 0.05) is 25.0 Å². The number of hydrogen-bond donors (Lipinski definition) is 2. The van der Waals surface area contributed by atoms with E-state index in [2.05, 4.69) is 25.2 Å². The number of rotatable bonds is 4. The van der Waals surface area contributed by atoms with Crippen LogP contribution < -0.4 is 15.9 Å². The number of anilines is 1. The topological polar surface area (TPSA) is 69.2 Å². The Hall–Kier alpha value is -3.39. The van der Waals surface area contributed by atoms with Crippen LogP contribution in [0.5, 0.6) is 0 Å². The van der Waals surface area contributed by atoms with E-state index in [1.54, 1.807) is 16.8 Å². The fourth-order valence-corrected chi connectivity index (χ4v) is 6.18. The number of halogens is 1. The highest BCUT2D eigenvalue weighted by Crippen LogP contribution is 2.32. The summed E-state index contributed by atoms with van der Waals surface area (Å²) in [6, 6.07) is 13.1. The molecule has 0 unspecified atom stereocenters. The Morgan fingerprint density at radius 2 is 1.83 bits per heavy atom. The van der Waals surface area contributed by atoms with Gasteiger partial charge in [-0.2, -0.15) is 0 Å². The summed E-state index contributed by atoms with van der Waals surface area (Å²) >= 11 is 0. The molecular weight excluding hydrogens is 443 g/mol. The lowest BCUT2D eigenvalue weighted by Gasteiger charge is -2.45. The monoisotopic (exact) mass is 472 g/mol. The van der Waals surface area contributed by atoms with Crippen molar-refractivity contribution in [2.75, 3.05) is 43.0 Å². The Bertz CT molecular complexity index is 1450. The second kappa shape index (κ2) is 8.09. The molecule has 1 atom stereocenters. The van der Waals surface area contributed by atoms with Crippen LogP contribution in [0.4, 0.5) is 10.1 Å². The number of para-hydroxylation sites is 2. The number of aromatic amines is 1. The first-order chi connectivity index (χ1) is 17.1. The first-order valence-electron chi connectivity index (χ1n) is 12.7. The molecule has 6 heterocycles. The quantitative estimate of drug-likeness (QED) is 0.471. The van der Waals surface area contributed by atoms with Crippen molar-refractivity contribution >= 4 is 27.6 Å². The fourth-order valence-electron chi connectivity index (χ4n) is 6.18. The summed E-state index contributed by atoms with van der Waals surface area (Å²) in [6.07, 6.45) is 4.41. The molecule has 2 N–H and O–H groups in total. The van der Waals surface area contributed by atoms with Gasteiger partial charge in [-0.15, -0.1) is 0 Å². The Morgan fingerprint density at radius 3 is 2.57 bits per heavy atom. The largest absolute Gasteiger partial charge is 0.369 e. The molecular formula is C27H29FN6O. The number of imidazole rings is 1. The van der Waals surface area contributed by atoms with Gasteiger partial charge < -0.3 is 20.2 Å². The molecule has 4 aliphatic rings. The molecule has 2 aromatic heterocycles. The fraction of sp³-hybridized carbons (Fsp3) is 0.407. The number of H-pyrrole nitrogens is 1. The summed E-state index contributed by atoms with van der Waals surface area (Å²) in [4.78, 5) is 26.5. The van der Waals surface area contributed by atoms with Crippen LogP contribution in [0.3, 0.4) is 0 Å². The van der Waals surface area contributed by atoms with Gasteiger partial charge in [0.05, 0.1) is 33.8 Å². The molecule has 0 saturated carbocycles. The summed E-state index contributed by atoms with van der Waals surface area (Å²) in [7, 11) is 0. The molecule has 7 nitrogen and oxygen atoms in total. The van der Waals surface area contributed by atoms with E-state index in [4.69, 9.17) is 0 Å². The summed E-state index contributed by atoms with van der Waals surface area (Å²) in [5.41, 5.74) is 6.83. The predicted octanol–water partition coefficient (Wildman–Crippen LogP) is 3.92. The average Bonchev–Trinajstić information content (AvgIpc) is 3.56. The van der Waals surface area contributed by atoms with E-state index in [-0.39, 0.29) is 17.4 Å². The minimum Gasteiger partial charge on any atom is -0.369 e. The molecule has 8 rings (SSSR count). The van der Waals surface area contributed by atoms with Gasteiger partial charge in [0.25, 0.3) is 5.56 Å². The van der Waals surface area contributed by atoms with Crippen LogP contribution >= 0.6 is 0 Å². The van der Waals surface area contributed by atoms with Crippen molar-refractivity contribution < 1.29 is 4.39 Å². The van der Waals surface area contributed by atoms with Crippen molar-refractivity contribution in [3.05, 3.63) is 58.6 Å². The third-order valence-electron chi connectivity index (χ3n) is 8.11. The molecule has 0 aliphatic carbocycles. The van der Waals surface area contributed by atoms with Gasteiger partial charge in [-0.05, 0) is 75.0 Å². The lowest BCUT2D eigenvalue weighted by Crippen LogP contribution is -2.56. The maximum absolute atomic E-state index is 15.3. The number of hydrogen-bond acceptors (Lipinski definition) is 5. The molecule has 8 heteroatoms. The van der Waals surface area contributed by atoms with Gasteiger partial charge in [-0.1, -0.05) is 12.1 Å². The maximum Gasteiger partial charge on any atom is 0.280 e. The first-order valence-corrected chi connectivity index (χ1v) is 12.7. The lowest BCUT2D eigenvalue weighted by atomic mass is 9.84. The van der Waals surface area contributed by atoms with Crippen LogP contribution in [0.2, 0.25) is 0 Å². The van der Waals surface area contributed by atoms with E-state index in [0.717, 1.165) is 75.0 Å².